The number of piperazine rings is 1. The summed E-state index contributed by atoms with van der Waals surface area (Å²) in [4.78, 5) is 18.7. The first-order chi connectivity index (χ1) is 9.19. The number of carbonyl (C=O) groups is 1. The van der Waals surface area contributed by atoms with E-state index in [1.54, 1.807) is 0 Å². The van der Waals surface area contributed by atoms with Crippen molar-refractivity contribution in [2.24, 2.45) is 0 Å². The standard InChI is InChI=1S/C14H27N3O2/c1-3-16-8-10-17(11-9-16)14(18)12-19-13-4-6-15(2)7-5-13/h13H,3-12H2,1-2H3. The van der Waals surface area contributed by atoms with E-state index in [9.17, 15) is 4.79 Å². The summed E-state index contributed by atoms with van der Waals surface area (Å²) in [6.45, 7) is 9.36. The van der Waals surface area contributed by atoms with Crippen LogP contribution in [0.15, 0.2) is 0 Å². The fourth-order valence-electron chi connectivity index (χ4n) is 2.75. The average molecular weight is 269 g/mol. The molecule has 0 saturated carbocycles. The minimum atomic E-state index is 0.162. The summed E-state index contributed by atoms with van der Waals surface area (Å²) in [5.41, 5.74) is 0. The van der Waals surface area contributed by atoms with Gasteiger partial charge in [-0.2, -0.15) is 0 Å². The highest BCUT2D eigenvalue weighted by Crippen LogP contribution is 2.12. The van der Waals surface area contributed by atoms with Crippen molar-refractivity contribution >= 4 is 5.91 Å². The minimum Gasteiger partial charge on any atom is -0.368 e. The summed E-state index contributed by atoms with van der Waals surface area (Å²) in [7, 11) is 2.13. The molecule has 2 aliphatic rings. The number of ether oxygens (including phenoxy) is 1. The van der Waals surface area contributed by atoms with Crippen LogP contribution >= 0.6 is 0 Å². The number of rotatable bonds is 4. The van der Waals surface area contributed by atoms with Gasteiger partial charge in [-0.25, -0.2) is 0 Å². The fraction of sp³-hybridized carbons (Fsp3) is 0.929. The van der Waals surface area contributed by atoms with Crippen molar-refractivity contribution in [1.82, 2.24) is 14.7 Å². The van der Waals surface area contributed by atoms with E-state index < -0.39 is 0 Å². The van der Waals surface area contributed by atoms with E-state index in [-0.39, 0.29) is 18.6 Å². The molecule has 0 N–H and O–H groups in total. The van der Waals surface area contributed by atoms with Crippen molar-refractivity contribution in [1.29, 1.82) is 0 Å². The third-order valence-electron chi connectivity index (χ3n) is 4.28. The zero-order valence-corrected chi connectivity index (χ0v) is 12.3. The van der Waals surface area contributed by atoms with E-state index >= 15 is 0 Å². The van der Waals surface area contributed by atoms with E-state index in [2.05, 4.69) is 23.8 Å². The molecule has 2 fully saturated rings. The van der Waals surface area contributed by atoms with Crippen molar-refractivity contribution in [3.63, 3.8) is 0 Å². The first-order valence-electron chi connectivity index (χ1n) is 7.49. The first kappa shape index (κ1) is 14.8. The molecule has 0 bridgehead atoms. The molecule has 0 aliphatic carbocycles. The molecule has 2 saturated heterocycles. The monoisotopic (exact) mass is 269 g/mol. The van der Waals surface area contributed by atoms with E-state index in [1.807, 2.05) is 4.90 Å². The number of carbonyl (C=O) groups excluding carboxylic acids is 1. The van der Waals surface area contributed by atoms with Crippen LogP contribution in [0.2, 0.25) is 0 Å². The largest absolute Gasteiger partial charge is 0.368 e. The number of nitrogens with zero attached hydrogens (tertiary/aromatic N) is 3. The lowest BCUT2D eigenvalue weighted by atomic mass is 10.1. The Labute approximate surface area is 116 Å². The van der Waals surface area contributed by atoms with Gasteiger partial charge in [-0.1, -0.05) is 6.92 Å². The fourth-order valence-corrected chi connectivity index (χ4v) is 2.75. The van der Waals surface area contributed by atoms with Crippen LogP contribution in [-0.4, -0.2) is 86.2 Å². The quantitative estimate of drug-likeness (QED) is 0.733. The van der Waals surface area contributed by atoms with Gasteiger partial charge in [-0.15, -0.1) is 0 Å². The Kier molecular flexibility index (Phi) is 5.60. The molecular weight excluding hydrogens is 242 g/mol. The summed E-state index contributed by atoms with van der Waals surface area (Å²) in [6.07, 6.45) is 2.37. The van der Waals surface area contributed by atoms with E-state index in [4.69, 9.17) is 4.74 Å². The summed E-state index contributed by atoms with van der Waals surface area (Å²) in [5.74, 6) is 0.162. The molecule has 110 valence electrons. The normalized spacial score (nSPS) is 23.8. The second-order valence-corrected chi connectivity index (χ2v) is 5.63. The molecule has 0 aromatic rings. The van der Waals surface area contributed by atoms with Crippen LogP contribution in [0.3, 0.4) is 0 Å². The Hall–Kier alpha value is -0.650. The number of likely N-dealkylation sites (tertiary alicyclic amines) is 1. The lowest BCUT2D eigenvalue weighted by Gasteiger charge is -2.34. The van der Waals surface area contributed by atoms with Crippen LogP contribution in [0, 0.1) is 0 Å². The molecular formula is C14H27N3O2. The predicted octanol–water partition coefficient (Wildman–Crippen LogP) is 0.261. The Bertz CT molecular complexity index is 282. The van der Waals surface area contributed by atoms with Crippen molar-refractivity contribution in [3.8, 4) is 0 Å². The zero-order chi connectivity index (χ0) is 13.7. The molecule has 2 rings (SSSR count). The SMILES string of the molecule is CCN1CCN(C(=O)COC2CCN(C)CC2)CC1. The van der Waals surface area contributed by atoms with E-state index in [0.717, 1.165) is 58.7 Å². The maximum absolute atomic E-state index is 12.1. The summed E-state index contributed by atoms with van der Waals surface area (Å²) in [5, 5.41) is 0. The third-order valence-corrected chi connectivity index (χ3v) is 4.28. The average Bonchev–Trinajstić information content (AvgIpc) is 2.46. The number of amides is 1. The van der Waals surface area contributed by atoms with Crippen LogP contribution in [0.4, 0.5) is 0 Å². The molecule has 0 spiro atoms. The maximum atomic E-state index is 12.1. The summed E-state index contributed by atoms with van der Waals surface area (Å²) < 4.78 is 5.77. The molecule has 2 aliphatic heterocycles. The maximum Gasteiger partial charge on any atom is 0.248 e. The van der Waals surface area contributed by atoms with Gasteiger partial charge in [0.25, 0.3) is 0 Å². The van der Waals surface area contributed by atoms with Gasteiger partial charge in [0.15, 0.2) is 0 Å². The zero-order valence-electron chi connectivity index (χ0n) is 12.3. The molecule has 2 heterocycles. The molecule has 0 radical (unpaired) electrons. The molecule has 0 unspecified atom stereocenters. The van der Waals surface area contributed by atoms with E-state index in [1.165, 1.54) is 0 Å². The van der Waals surface area contributed by atoms with Crippen LogP contribution in [0.5, 0.6) is 0 Å². The smallest absolute Gasteiger partial charge is 0.248 e. The minimum absolute atomic E-state index is 0.162. The van der Waals surface area contributed by atoms with Crippen LogP contribution < -0.4 is 0 Å². The highest BCUT2D eigenvalue weighted by molar-refractivity contribution is 5.77. The lowest BCUT2D eigenvalue weighted by Crippen LogP contribution is -2.49. The predicted molar refractivity (Wildman–Crippen MR) is 75.2 cm³/mol. The second-order valence-electron chi connectivity index (χ2n) is 5.63. The molecule has 0 aromatic heterocycles. The lowest BCUT2D eigenvalue weighted by molar-refractivity contribution is -0.140. The van der Waals surface area contributed by atoms with E-state index in [0.29, 0.717) is 0 Å². The van der Waals surface area contributed by atoms with Crippen molar-refractivity contribution in [3.05, 3.63) is 0 Å². The Morgan fingerprint density at radius 2 is 1.74 bits per heavy atom. The van der Waals surface area contributed by atoms with Gasteiger partial charge < -0.3 is 19.4 Å². The van der Waals surface area contributed by atoms with Gasteiger partial charge in [0, 0.05) is 39.3 Å². The number of piperidine rings is 1. The molecule has 1 amide bonds. The molecule has 5 heteroatoms. The van der Waals surface area contributed by atoms with Crippen LogP contribution in [0.1, 0.15) is 19.8 Å². The molecule has 0 aromatic carbocycles. The molecule has 5 nitrogen and oxygen atoms in total. The van der Waals surface area contributed by atoms with Gasteiger partial charge in [0.2, 0.25) is 5.91 Å². The number of hydrogen-bond acceptors (Lipinski definition) is 4. The van der Waals surface area contributed by atoms with Crippen LogP contribution in [-0.2, 0) is 9.53 Å². The summed E-state index contributed by atoms with van der Waals surface area (Å²) >= 11 is 0. The number of likely N-dealkylation sites (N-methyl/N-ethyl adjacent to an activating group) is 1. The summed E-state index contributed by atoms with van der Waals surface area (Å²) in [6, 6.07) is 0. The van der Waals surface area contributed by atoms with Crippen molar-refractivity contribution in [2.45, 2.75) is 25.9 Å². The first-order valence-corrected chi connectivity index (χ1v) is 7.49. The Balaban J connectivity index is 1.64. The topological polar surface area (TPSA) is 36.0 Å². The van der Waals surface area contributed by atoms with Crippen molar-refractivity contribution < 1.29 is 9.53 Å². The van der Waals surface area contributed by atoms with Crippen molar-refractivity contribution in [2.75, 3.05) is 59.5 Å². The van der Waals surface area contributed by atoms with Gasteiger partial charge >= 0.3 is 0 Å². The van der Waals surface area contributed by atoms with Gasteiger partial charge in [0.05, 0.1) is 6.10 Å². The van der Waals surface area contributed by atoms with Gasteiger partial charge in [0.1, 0.15) is 6.61 Å². The highest BCUT2D eigenvalue weighted by Gasteiger charge is 2.22. The second kappa shape index (κ2) is 7.22. The molecule has 0 atom stereocenters. The Morgan fingerprint density at radius 3 is 2.32 bits per heavy atom. The van der Waals surface area contributed by atoms with Gasteiger partial charge in [-0.3, -0.25) is 4.79 Å². The van der Waals surface area contributed by atoms with Gasteiger partial charge in [-0.05, 0) is 26.4 Å². The highest BCUT2D eigenvalue weighted by atomic mass is 16.5. The molecule has 19 heavy (non-hydrogen) atoms. The van der Waals surface area contributed by atoms with Crippen LogP contribution in [0.25, 0.3) is 0 Å². The number of hydrogen-bond donors (Lipinski definition) is 0. The Morgan fingerprint density at radius 1 is 1.11 bits per heavy atom. The third kappa shape index (κ3) is 4.44.